The maximum Gasteiger partial charge on any atom is 0.256 e. The molecule has 0 bridgehead atoms. The number of nitrogens with two attached hydrogens (primary N) is 1. The SMILES string of the molecule is CCCc1c(N)nc(C(CC)N2CCNCC2)[nH]c1=O. The van der Waals surface area contributed by atoms with Crippen LogP contribution in [0.25, 0.3) is 0 Å². The van der Waals surface area contributed by atoms with E-state index in [0.29, 0.717) is 23.6 Å². The van der Waals surface area contributed by atoms with Crippen molar-refractivity contribution in [3.8, 4) is 0 Å². The van der Waals surface area contributed by atoms with Gasteiger partial charge in [0.15, 0.2) is 0 Å². The number of aromatic nitrogens is 2. The molecule has 1 fully saturated rings. The number of hydrogen-bond donors (Lipinski definition) is 3. The van der Waals surface area contributed by atoms with E-state index < -0.39 is 0 Å². The molecule has 6 nitrogen and oxygen atoms in total. The summed E-state index contributed by atoms with van der Waals surface area (Å²) >= 11 is 0. The number of nitrogen functional groups attached to an aromatic ring is 1. The topological polar surface area (TPSA) is 87.0 Å². The number of hydrogen-bond acceptors (Lipinski definition) is 5. The van der Waals surface area contributed by atoms with Gasteiger partial charge in [0.2, 0.25) is 0 Å². The minimum atomic E-state index is -0.0806. The number of nitrogens with one attached hydrogen (secondary N) is 2. The first-order valence-corrected chi connectivity index (χ1v) is 7.50. The van der Waals surface area contributed by atoms with Gasteiger partial charge < -0.3 is 16.0 Å². The van der Waals surface area contributed by atoms with Crippen LogP contribution in [0.15, 0.2) is 4.79 Å². The third-order valence-corrected chi connectivity index (χ3v) is 3.86. The molecule has 0 aliphatic carbocycles. The van der Waals surface area contributed by atoms with Crippen LogP contribution in [0.4, 0.5) is 5.82 Å². The van der Waals surface area contributed by atoms with Crippen LogP contribution < -0.4 is 16.6 Å². The molecule has 2 heterocycles. The molecule has 0 amide bonds. The van der Waals surface area contributed by atoms with E-state index in [1.54, 1.807) is 0 Å². The number of nitrogens with zero attached hydrogens (tertiary/aromatic N) is 2. The molecule has 1 unspecified atom stereocenters. The molecule has 0 aromatic carbocycles. The van der Waals surface area contributed by atoms with E-state index in [1.807, 2.05) is 6.92 Å². The fourth-order valence-electron chi connectivity index (χ4n) is 2.80. The summed E-state index contributed by atoms with van der Waals surface area (Å²) in [5.74, 6) is 1.09. The summed E-state index contributed by atoms with van der Waals surface area (Å²) in [7, 11) is 0. The van der Waals surface area contributed by atoms with Crippen molar-refractivity contribution in [2.75, 3.05) is 31.9 Å². The number of piperazine rings is 1. The molecule has 1 atom stereocenters. The van der Waals surface area contributed by atoms with Crippen LogP contribution in [-0.2, 0) is 6.42 Å². The zero-order valence-electron chi connectivity index (χ0n) is 12.4. The lowest BCUT2D eigenvalue weighted by Crippen LogP contribution is -2.45. The maximum absolute atomic E-state index is 12.1. The highest BCUT2D eigenvalue weighted by molar-refractivity contribution is 5.38. The molecule has 20 heavy (non-hydrogen) atoms. The largest absolute Gasteiger partial charge is 0.383 e. The highest BCUT2D eigenvalue weighted by Gasteiger charge is 2.23. The van der Waals surface area contributed by atoms with Gasteiger partial charge in [-0.2, -0.15) is 0 Å². The Morgan fingerprint density at radius 2 is 2.05 bits per heavy atom. The lowest BCUT2D eigenvalue weighted by molar-refractivity contribution is 0.162. The molecule has 1 aliphatic heterocycles. The molecule has 112 valence electrons. The Kier molecular flexibility index (Phi) is 5.14. The van der Waals surface area contributed by atoms with Crippen molar-refractivity contribution in [1.29, 1.82) is 0 Å². The minimum Gasteiger partial charge on any atom is -0.383 e. The summed E-state index contributed by atoms with van der Waals surface area (Å²) in [5.41, 5.74) is 6.50. The van der Waals surface area contributed by atoms with E-state index in [1.165, 1.54) is 0 Å². The number of anilines is 1. The molecular weight excluding hydrogens is 254 g/mol. The monoisotopic (exact) mass is 279 g/mol. The molecule has 4 N–H and O–H groups in total. The smallest absolute Gasteiger partial charge is 0.256 e. The van der Waals surface area contributed by atoms with Gasteiger partial charge in [-0.1, -0.05) is 20.3 Å². The third kappa shape index (κ3) is 3.19. The van der Waals surface area contributed by atoms with Crippen LogP contribution in [0.5, 0.6) is 0 Å². The van der Waals surface area contributed by atoms with Crippen LogP contribution in [0.2, 0.25) is 0 Å². The summed E-state index contributed by atoms with van der Waals surface area (Å²) in [6.07, 6.45) is 2.48. The zero-order chi connectivity index (χ0) is 14.5. The van der Waals surface area contributed by atoms with E-state index in [0.717, 1.165) is 39.0 Å². The Labute approximate surface area is 119 Å². The Bertz CT molecular complexity index is 493. The quantitative estimate of drug-likeness (QED) is 0.737. The van der Waals surface area contributed by atoms with Crippen LogP contribution in [0.3, 0.4) is 0 Å². The van der Waals surface area contributed by atoms with Gasteiger partial charge in [-0.05, 0) is 12.8 Å². The van der Waals surface area contributed by atoms with Crippen LogP contribution in [0.1, 0.15) is 44.1 Å². The molecule has 1 aromatic heterocycles. The molecule has 1 saturated heterocycles. The van der Waals surface area contributed by atoms with E-state index in [9.17, 15) is 4.79 Å². The molecule has 6 heteroatoms. The Balaban J connectivity index is 2.28. The second kappa shape index (κ2) is 6.85. The summed E-state index contributed by atoms with van der Waals surface area (Å²) < 4.78 is 0. The summed E-state index contributed by atoms with van der Waals surface area (Å²) in [6, 6.07) is 0.141. The van der Waals surface area contributed by atoms with Gasteiger partial charge in [0, 0.05) is 26.2 Å². The predicted octanol–water partition coefficient (Wildman–Crippen LogP) is 0.661. The van der Waals surface area contributed by atoms with E-state index >= 15 is 0 Å². The van der Waals surface area contributed by atoms with Gasteiger partial charge in [0.25, 0.3) is 5.56 Å². The molecule has 1 aromatic rings. The van der Waals surface area contributed by atoms with Crippen molar-refractivity contribution in [2.24, 2.45) is 0 Å². The second-order valence-corrected chi connectivity index (χ2v) is 5.27. The van der Waals surface area contributed by atoms with Crippen molar-refractivity contribution in [3.05, 3.63) is 21.7 Å². The zero-order valence-corrected chi connectivity index (χ0v) is 12.4. The van der Waals surface area contributed by atoms with E-state index in [2.05, 4.69) is 27.1 Å². The van der Waals surface area contributed by atoms with Crippen LogP contribution >= 0.6 is 0 Å². The number of rotatable bonds is 5. The molecule has 1 aliphatic rings. The maximum atomic E-state index is 12.1. The first kappa shape index (κ1) is 15.0. The highest BCUT2D eigenvalue weighted by Crippen LogP contribution is 2.21. The first-order valence-electron chi connectivity index (χ1n) is 7.50. The fourth-order valence-corrected chi connectivity index (χ4v) is 2.80. The van der Waals surface area contributed by atoms with Crippen LogP contribution in [0, 0.1) is 0 Å². The van der Waals surface area contributed by atoms with E-state index in [-0.39, 0.29) is 11.6 Å². The number of H-pyrrole nitrogens is 1. The average Bonchev–Trinajstić information content (AvgIpc) is 2.45. The molecule has 0 spiro atoms. The average molecular weight is 279 g/mol. The Hall–Kier alpha value is -1.40. The van der Waals surface area contributed by atoms with Gasteiger partial charge in [0.1, 0.15) is 11.6 Å². The van der Waals surface area contributed by atoms with Crippen molar-refractivity contribution in [3.63, 3.8) is 0 Å². The predicted molar refractivity (Wildman–Crippen MR) is 80.7 cm³/mol. The van der Waals surface area contributed by atoms with E-state index in [4.69, 9.17) is 5.73 Å². The van der Waals surface area contributed by atoms with Crippen LogP contribution in [-0.4, -0.2) is 41.0 Å². The lowest BCUT2D eigenvalue weighted by atomic mass is 10.1. The molecule has 0 saturated carbocycles. The molecule has 2 rings (SSSR count). The highest BCUT2D eigenvalue weighted by atomic mass is 16.1. The minimum absolute atomic E-state index is 0.0806. The third-order valence-electron chi connectivity index (χ3n) is 3.86. The van der Waals surface area contributed by atoms with Gasteiger partial charge >= 0.3 is 0 Å². The Morgan fingerprint density at radius 1 is 1.35 bits per heavy atom. The molecule has 0 radical (unpaired) electrons. The second-order valence-electron chi connectivity index (χ2n) is 5.27. The number of aromatic amines is 1. The van der Waals surface area contributed by atoms with Crippen molar-refractivity contribution < 1.29 is 0 Å². The lowest BCUT2D eigenvalue weighted by Gasteiger charge is -2.33. The van der Waals surface area contributed by atoms with Gasteiger partial charge in [-0.15, -0.1) is 0 Å². The summed E-state index contributed by atoms with van der Waals surface area (Å²) in [6.45, 7) is 8.04. The Morgan fingerprint density at radius 3 is 2.60 bits per heavy atom. The van der Waals surface area contributed by atoms with Gasteiger partial charge in [0.05, 0.1) is 11.6 Å². The van der Waals surface area contributed by atoms with Crippen molar-refractivity contribution >= 4 is 5.82 Å². The van der Waals surface area contributed by atoms with Gasteiger partial charge in [-0.3, -0.25) is 9.69 Å². The first-order chi connectivity index (χ1) is 9.67. The fraction of sp³-hybridized carbons (Fsp3) is 0.714. The van der Waals surface area contributed by atoms with Crippen molar-refractivity contribution in [1.82, 2.24) is 20.2 Å². The van der Waals surface area contributed by atoms with Gasteiger partial charge in [-0.25, -0.2) is 4.98 Å². The molecular formula is C14H25N5O. The summed E-state index contributed by atoms with van der Waals surface area (Å²) in [5, 5.41) is 3.34. The summed E-state index contributed by atoms with van der Waals surface area (Å²) in [4.78, 5) is 21.9. The normalized spacial score (nSPS) is 18.1. The standard InChI is InChI=1S/C14H25N5O/c1-3-5-10-12(15)17-13(18-14(10)20)11(4-2)19-8-6-16-7-9-19/h11,16H,3-9H2,1-2H3,(H3,15,17,18,20). The van der Waals surface area contributed by atoms with Crippen molar-refractivity contribution in [2.45, 2.75) is 39.2 Å².